The fourth-order valence-corrected chi connectivity index (χ4v) is 6.55. The summed E-state index contributed by atoms with van der Waals surface area (Å²) in [5, 5.41) is 4.79. The molecule has 1 aromatic carbocycles. The Morgan fingerprint density at radius 2 is 2.00 bits per heavy atom. The first-order chi connectivity index (χ1) is 17.6. The van der Waals surface area contributed by atoms with Gasteiger partial charge in [0.15, 0.2) is 0 Å². The maximum absolute atomic E-state index is 5.70. The summed E-state index contributed by atoms with van der Waals surface area (Å²) in [5.41, 5.74) is 6.89. The molecular weight excluding hydrogens is 456 g/mol. The molecule has 0 bridgehead atoms. The van der Waals surface area contributed by atoms with E-state index in [1.54, 1.807) is 18.2 Å². The Labute approximate surface area is 225 Å². The molecule has 3 atom stereocenters. The summed E-state index contributed by atoms with van der Waals surface area (Å²) in [7, 11) is 1.76. The first kappa shape index (κ1) is 28.3. The molecule has 3 rings (SSSR count). The molecular formula is C34H46OS. The topological polar surface area (TPSA) is 9.23 Å². The minimum absolute atomic E-state index is 0.399. The molecule has 0 N–H and O–H groups in total. The van der Waals surface area contributed by atoms with Gasteiger partial charge in [-0.15, -0.1) is 6.42 Å². The lowest BCUT2D eigenvalue weighted by Gasteiger charge is -2.27. The lowest BCUT2D eigenvalue weighted by molar-refractivity contribution is 0.402. The van der Waals surface area contributed by atoms with E-state index in [4.69, 9.17) is 11.2 Å². The number of hydrogen-bond acceptors (Lipinski definition) is 2. The maximum atomic E-state index is 5.70. The van der Waals surface area contributed by atoms with Crippen molar-refractivity contribution in [3.63, 3.8) is 0 Å². The van der Waals surface area contributed by atoms with Crippen LogP contribution in [0.15, 0.2) is 52.8 Å². The fraction of sp³-hybridized carbons (Fsp3) is 0.529. The van der Waals surface area contributed by atoms with Crippen molar-refractivity contribution < 1.29 is 4.74 Å². The highest BCUT2D eigenvalue weighted by atomic mass is 32.1. The predicted octanol–water partition coefficient (Wildman–Crippen LogP) is 10.2. The van der Waals surface area contributed by atoms with Crippen LogP contribution < -0.4 is 4.74 Å². The molecule has 1 aliphatic rings. The molecule has 2 aromatic rings. The summed E-state index contributed by atoms with van der Waals surface area (Å²) in [6, 6.07) is 6.15. The summed E-state index contributed by atoms with van der Waals surface area (Å²) in [5.74, 6) is 5.37. The van der Waals surface area contributed by atoms with Crippen LogP contribution in [0.4, 0.5) is 0 Å². The van der Waals surface area contributed by atoms with Gasteiger partial charge in [-0.3, -0.25) is 0 Å². The second kappa shape index (κ2) is 15.1. The Hall–Kier alpha value is -2.24. The maximum Gasteiger partial charge on any atom is 0.122 e. The van der Waals surface area contributed by atoms with Crippen molar-refractivity contribution in [3.05, 3.63) is 75.0 Å². The van der Waals surface area contributed by atoms with Crippen molar-refractivity contribution in [2.75, 3.05) is 7.11 Å². The highest BCUT2D eigenvalue weighted by molar-refractivity contribution is 7.08. The third-order valence-corrected chi connectivity index (χ3v) is 8.65. The van der Waals surface area contributed by atoms with Crippen LogP contribution in [0.2, 0.25) is 0 Å². The van der Waals surface area contributed by atoms with E-state index >= 15 is 0 Å². The van der Waals surface area contributed by atoms with Crippen LogP contribution in [0.25, 0.3) is 0 Å². The monoisotopic (exact) mass is 502 g/mol. The van der Waals surface area contributed by atoms with Gasteiger partial charge < -0.3 is 4.74 Å². The van der Waals surface area contributed by atoms with Gasteiger partial charge >= 0.3 is 0 Å². The molecule has 36 heavy (non-hydrogen) atoms. The number of allylic oxidation sites excluding steroid dienone is 4. The van der Waals surface area contributed by atoms with Crippen molar-refractivity contribution in [3.8, 4) is 18.1 Å². The molecule has 0 radical (unpaired) electrons. The summed E-state index contributed by atoms with van der Waals surface area (Å²) in [4.78, 5) is 0. The molecule has 1 nitrogen and oxygen atoms in total. The number of hydrogen-bond donors (Lipinski definition) is 0. The minimum atomic E-state index is 0.399. The highest BCUT2D eigenvalue weighted by Gasteiger charge is 2.23. The number of aryl methyl sites for hydroxylation is 1. The molecule has 1 fully saturated rings. The quantitative estimate of drug-likeness (QED) is 0.195. The largest absolute Gasteiger partial charge is 0.496 e. The zero-order chi connectivity index (χ0) is 25.8. The van der Waals surface area contributed by atoms with E-state index in [0.717, 1.165) is 17.7 Å². The number of thiophene rings is 1. The van der Waals surface area contributed by atoms with Gasteiger partial charge in [-0.05, 0) is 96.9 Å². The molecule has 0 saturated heterocycles. The lowest BCUT2D eigenvalue weighted by atomic mass is 9.78. The fourth-order valence-electron chi connectivity index (χ4n) is 5.53. The second-order valence-electron chi connectivity index (χ2n) is 10.6. The summed E-state index contributed by atoms with van der Waals surface area (Å²) in [6.45, 7) is 7.06. The van der Waals surface area contributed by atoms with E-state index in [1.807, 2.05) is 23.5 Å². The molecule has 1 aliphatic carbocycles. The average molecular weight is 503 g/mol. The number of terminal acetylenes is 1. The van der Waals surface area contributed by atoms with Crippen LogP contribution in [0.5, 0.6) is 5.75 Å². The molecule has 1 unspecified atom stereocenters. The first-order valence-electron chi connectivity index (χ1n) is 14.1. The van der Waals surface area contributed by atoms with Crippen molar-refractivity contribution in [2.24, 2.45) is 5.92 Å². The lowest BCUT2D eigenvalue weighted by Crippen LogP contribution is -2.10. The number of unbranched alkanes of at least 4 members (excludes halogenated alkanes) is 3. The number of benzene rings is 1. The SMILES string of the molecule is C#Cc1ccc(OC)c(C2CCCC/C2=C\C=C\[C@H](C)CC[C@H](C)c2cscc2CCCCCC)c1. The van der Waals surface area contributed by atoms with Gasteiger partial charge in [0.25, 0.3) is 0 Å². The van der Waals surface area contributed by atoms with Crippen LogP contribution in [0, 0.1) is 18.3 Å². The van der Waals surface area contributed by atoms with E-state index < -0.39 is 0 Å². The minimum Gasteiger partial charge on any atom is -0.496 e. The molecule has 0 aliphatic heterocycles. The molecule has 1 aromatic heterocycles. The van der Waals surface area contributed by atoms with Gasteiger partial charge in [-0.2, -0.15) is 11.3 Å². The van der Waals surface area contributed by atoms with Crippen molar-refractivity contribution in [1.29, 1.82) is 0 Å². The summed E-state index contributed by atoms with van der Waals surface area (Å²) >= 11 is 1.88. The predicted molar refractivity (Wildman–Crippen MR) is 158 cm³/mol. The second-order valence-corrected chi connectivity index (χ2v) is 11.4. The molecule has 1 saturated carbocycles. The zero-order valence-electron chi connectivity index (χ0n) is 23.0. The van der Waals surface area contributed by atoms with Gasteiger partial charge in [0.05, 0.1) is 7.11 Å². The number of methoxy groups -OCH3 is 1. The van der Waals surface area contributed by atoms with Crippen molar-refractivity contribution >= 4 is 11.3 Å². The number of rotatable bonds is 13. The first-order valence-corrected chi connectivity index (χ1v) is 15.1. The smallest absolute Gasteiger partial charge is 0.122 e. The van der Waals surface area contributed by atoms with Gasteiger partial charge in [-0.1, -0.05) is 76.2 Å². The van der Waals surface area contributed by atoms with Gasteiger partial charge in [0.1, 0.15) is 5.75 Å². The molecule has 0 amide bonds. The normalized spacial score (nSPS) is 18.9. The van der Waals surface area contributed by atoms with Crippen molar-refractivity contribution in [2.45, 2.75) is 103 Å². The van der Waals surface area contributed by atoms with Crippen LogP contribution in [0.3, 0.4) is 0 Å². The standard InChI is InChI=1S/C34H46OS/c1-6-8-9-10-16-30-24-36-25-33(30)27(4)20-19-26(3)14-13-17-29-15-11-12-18-31(29)32-23-28(7-2)21-22-34(32)35-5/h2,13-14,17,21-27,31H,6,8-12,15-16,18-20H2,1,3-5H3/b14-13+,29-17+/t26-,27-,31?/m0/s1. The van der Waals surface area contributed by atoms with E-state index in [1.165, 1.54) is 75.3 Å². The molecule has 194 valence electrons. The Bertz CT molecular complexity index is 1030. The Balaban J connectivity index is 1.58. The Morgan fingerprint density at radius 1 is 1.14 bits per heavy atom. The van der Waals surface area contributed by atoms with E-state index in [-0.39, 0.29) is 0 Å². The number of ether oxygens (including phenoxy) is 1. The Morgan fingerprint density at radius 3 is 2.78 bits per heavy atom. The van der Waals surface area contributed by atoms with Crippen LogP contribution in [0.1, 0.15) is 119 Å². The van der Waals surface area contributed by atoms with Crippen LogP contribution in [-0.4, -0.2) is 7.11 Å². The molecule has 1 heterocycles. The van der Waals surface area contributed by atoms with Gasteiger partial charge in [0, 0.05) is 17.0 Å². The third kappa shape index (κ3) is 8.14. The summed E-state index contributed by atoms with van der Waals surface area (Å²) < 4.78 is 5.70. The van der Waals surface area contributed by atoms with Crippen LogP contribution >= 0.6 is 11.3 Å². The third-order valence-electron chi connectivity index (χ3n) is 7.84. The van der Waals surface area contributed by atoms with Crippen molar-refractivity contribution in [1.82, 2.24) is 0 Å². The van der Waals surface area contributed by atoms with E-state index in [2.05, 4.69) is 61.7 Å². The van der Waals surface area contributed by atoms with Gasteiger partial charge in [0.2, 0.25) is 0 Å². The van der Waals surface area contributed by atoms with E-state index in [0.29, 0.717) is 17.8 Å². The average Bonchev–Trinajstić information content (AvgIpc) is 3.38. The van der Waals surface area contributed by atoms with Gasteiger partial charge in [-0.25, -0.2) is 0 Å². The van der Waals surface area contributed by atoms with E-state index in [9.17, 15) is 0 Å². The van der Waals surface area contributed by atoms with Crippen LogP contribution in [-0.2, 0) is 6.42 Å². The highest BCUT2D eigenvalue weighted by Crippen LogP contribution is 2.41. The summed E-state index contributed by atoms with van der Waals surface area (Å²) in [6.07, 6.45) is 26.7. The molecule has 0 spiro atoms. The molecule has 2 heteroatoms. The Kier molecular flexibility index (Phi) is 11.9. The zero-order valence-corrected chi connectivity index (χ0v) is 23.8.